The molecule has 0 saturated carbocycles. The smallest absolute Gasteiger partial charge is 0.252 e. The molecular weight excluding hydrogens is 370 g/mol. The maximum absolute atomic E-state index is 12.5. The SMILES string of the molecule is CNC(C)CNC(=O)c1ccccc1Sc1ccc(S(=O)(=O)NC)cc1. The van der Waals surface area contributed by atoms with Gasteiger partial charge in [0.25, 0.3) is 5.91 Å². The van der Waals surface area contributed by atoms with Gasteiger partial charge in [-0.25, -0.2) is 13.1 Å². The van der Waals surface area contributed by atoms with Crippen LogP contribution in [-0.2, 0) is 10.0 Å². The zero-order valence-corrected chi connectivity index (χ0v) is 16.6. The molecule has 0 aliphatic rings. The van der Waals surface area contributed by atoms with Crippen molar-refractivity contribution in [2.24, 2.45) is 0 Å². The highest BCUT2D eigenvalue weighted by Crippen LogP contribution is 2.31. The molecule has 8 heteroatoms. The standard InChI is InChI=1S/C18H23N3O3S2/c1-13(19-2)12-21-18(22)16-6-4-5-7-17(16)25-14-8-10-15(11-9-14)26(23,24)20-3/h4-11,13,19-20H,12H2,1-3H3,(H,21,22). The molecule has 0 aliphatic heterocycles. The van der Waals surface area contributed by atoms with Crippen LogP contribution >= 0.6 is 11.8 Å². The molecule has 2 rings (SSSR count). The highest BCUT2D eigenvalue weighted by molar-refractivity contribution is 7.99. The average molecular weight is 394 g/mol. The summed E-state index contributed by atoms with van der Waals surface area (Å²) in [6, 6.07) is 14.1. The van der Waals surface area contributed by atoms with Crippen molar-refractivity contribution in [2.75, 3.05) is 20.6 Å². The molecule has 6 nitrogen and oxygen atoms in total. The van der Waals surface area contributed by atoms with Crippen molar-refractivity contribution in [3.63, 3.8) is 0 Å². The lowest BCUT2D eigenvalue weighted by atomic mass is 10.2. The van der Waals surface area contributed by atoms with Gasteiger partial charge in [-0.15, -0.1) is 0 Å². The molecule has 2 aromatic carbocycles. The second-order valence-corrected chi connectivity index (χ2v) is 8.68. The first kappa shape index (κ1) is 20.4. The molecule has 1 unspecified atom stereocenters. The van der Waals surface area contributed by atoms with Crippen molar-refractivity contribution in [2.45, 2.75) is 27.7 Å². The molecule has 2 aromatic rings. The minimum Gasteiger partial charge on any atom is -0.350 e. The molecule has 26 heavy (non-hydrogen) atoms. The van der Waals surface area contributed by atoms with E-state index in [1.54, 1.807) is 30.3 Å². The van der Waals surface area contributed by atoms with Crippen molar-refractivity contribution in [3.05, 3.63) is 54.1 Å². The van der Waals surface area contributed by atoms with Crippen LogP contribution in [0.1, 0.15) is 17.3 Å². The van der Waals surface area contributed by atoms with Crippen LogP contribution in [0.3, 0.4) is 0 Å². The number of nitrogens with one attached hydrogen (secondary N) is 3. The van der Waals surface area contributed by atoms with Crippen LogP contribution in [0.15, 0.2) is 63.2 Å². The van der Waals surface area contributed by atoms with Gasteiger partial charge >= 0.3 is 0 Å². The second-order valence-electron chi connectivity index (χ2n) is 5.68. The number of rotatable bonds is 8. The molecule has 1 atom stereocenters. The van der Waals surface area contributed by atoms with E-state index in [4.69, 9.17) is 0 Å². The van der Waals surface area contributed by atoms with Crippen molar-refractivity contribution < 1.29 is 13.2 Å². The van der Waals surface area contributed by atoms with Crippen LogP contribution in [-0.4, -0.2) is 41.0 Å². The molecule has 0 bridgehead atoms. The summed E-state index contributed by atoms with van der Waals surface area (Å²) in [7, 11) is -0.234. The Morgan fingerprint density at radius 3 is 2.35 bits per heavy atom. The summed E-state index contributed by atoms with van der Waals surface area (Å²) in [5, 5.41) is 5.98. The van der Waals surface area contributed by atoms with Crippen molar-refractivity contribution in [1.82, 2.24) is 15.4 Å². The molecule has 0 aliphatic carbocycles. The van der Waals surface area contributed by atoms with E-state index in [0.717, 1.165) is 9.79 Å². The second kappa shape index (κ2) is 9.18. The molecule has 0 aromatic heterocycles. The summed E-state index contributed by atoms with van der Waals surface area (Å²) in [6.07, 6.45) is 0. The topological polar surface area (TPSA) is 87.3 Å². The van der Waals surface area contributed by atoms with Gasteiger partial charge in [-0.3, -0.25) is 4.79 Å². The third kappa shape index (κ3) is 5.31. The number of sulfonamides is 1. The van der Waals surface area contributed by atoms with Gasteiger partial charge < -0.3 is 10.6 Å². The fraction of sp³-hybridized carbons (Fsp3) is 0.278. The van der Waals surface area contributed by atoms with E-state index < -0.39 is 10.0 Å². The van der Waals surface area contributed by atoms with Gasteiger partial charge in [0.05, 0.1) is 10.5 Å². The predicted octanol–water partition coefficient (Wildman–Crippen LogP) is 2.08. The first-order valence-corrected chi connectivity index (χ1v) is 10.4. The highest BCUT2D eigenvalue weighted by Gasteiger charge is 2.14. The van der Waals surface area contributed by atoms with Crippen LogP contribution in [0.25, 0.3) is 0 Å². The third-order valence-corrected chi connectivity index (χ3v) is 6.34. The van der Waals surface area contributed by atoms with Gasteiger partial charge in [0.2, 0.25) is 10.0 Å². The van der Waals surface area contributed by atoms with Crippen molar-refractivity contribution in [1.29, 1.82) is 0 Å². The first-order valence-electron chi connectivity index (χ1n) is 8.13. The number of carbonyl (C=O) groups excluding carboxylic acids is 1. The largest absolute Gasteiger partial charge is 0.350 e. The lowest BCUT2D eigenvalue weighted by Gasteiger charge is -2.13. The maximum Gasteiger partial charge on any atom is 0.252 e. The minimum absolute atomic E-state index is 0.135. The Morgan fingerprint density at radius 2 is 1.73 bits per heavy atom. The lowest BCUT2D eigenvalue weighted by Crippen LogP contribution is -2.37. The number of hydrogen-bond donors (Lipinski definition) is 3. The number of carbonyl (C=O) groups is 1. The normalized spacial score (nSPS) is 12.6. The third-order valence-electron chi connectivity index (χ3n) is 3.82. The zero-order valence-electron chi connectivity index (χ0n) is 14.9. The number of hydrogen-bond acceptors (Lipinski definition) is 5. The maximum atomic E-state index is 12.5. The summed E-state index contributed by atoms with van der Waals surface area (Å²) in [5.74, 6) is -0.135. The van der Waals surface area contributed by atoms with Crippen LogP contribution in [0, 0.1) is 0 Å². The van der Waals surface area contributed by atoms with Crippen LogP contribution in [0.4, 0.5) is 0 Å². The zero-order chi connectivity index (χ0) is 19.2. The quantitative estimate of drug-likeness (QED) is 0.639. The van der Waals surface area contributed by atoms with Crippen LogP contribution in [0.2, 0.25) is 0 Å². The minimum atomic E-state index is -3.46. The van der Waals surface area contributed by atoms with Crippen molar-refractivity contribution in [3.8, 4) is 0 Å². The van der Waals surface area contributed by atoms with E-state index in [1.165, 1.54) is 18.8 Å². The van der Waals surface area contributed by atoms with Crippen LogP contribution < -0.4 is 15.4 Å². The average Bonchev–Trinajstić information content (AvgIpc) is 2.66. The Bertz CT molecular complexity index is 852. The monoisotopic (exact) mass is 393 g/mol. The molecular formula is C18H23N3O3S2. The lowest BCUT2D eigenvalue weighted by molar-refractivity contribution is 0.0947. The first-order chi connectivity index (χ1) is 12.4. The molecule has 0 heterocycles. The molecule has 0 saturated heterocycles. The molecule has 1 amide bonds. The van der Waals surface area contributed by atoms with Gasteiger partial charge in [-0.05, 0) is 57.4 Å². The van der Waals surface area contributed by atoms with Gasteiger partial charge in [0.15, 0.2) is 0 Å². The number of benzene rings is 2. The van der Waals surface area contributed by atoms with E-state index >= 15 is 0 Å². The van der Waals surface area contributed by atoms with E-state index in [0.29, 0.717) is 12.1 Å². The Labute approximate surface area is 158 Å². The summed E-state index contributed by atoms with van der Waals surface area (Å²) in [5.41, 5.74) is 0.590. The molecule has 0 fully saturated rings. The van der Waals surface area contributed by atoms with E-state index in [-0.39, 0.29) is 16.8 Å². The molecule has 0 radical (unpaired) electrons. The predicted molar refractivity (Wildman–Crippen MR) is 104 cm³/mol. The van der Waals surface area contributed by atoms with E-state index in [1.807, 2.05) is 32.2 Å². The fourth-order valence-corrected chi connectivity index (χ4v) is 3.79. The Balaban J connectivity index is 2.16. The summed E-state index contributed by atoms with van der Waals surface area (Å²) in [6.45, 7) is 2.52. The molecule has 140 valence electrons. The van der Waals surface area contributed by atoms with E-state index in [9.17, 15) is 13.2 Å². The van der Waals surface area contributed by atoms with Gasteiger partial charge in [0, 0.05) is 22.4 Å². The molecule has 0 spiro atoms. The van der Waals surface area contributed by atoms with Gasteiger partial charge in [-0.2, -0.15) is 0 Å². The summed E-state index contributed by atoms with van der Waals surface area (Å²) < 4.78 is 25.9. The van der Waals surface area contributed by atoms with E-state index in [2.05, 4.69) is 15.4 Å². The summed E-state index contributed by atoms with van der Waals surface area (Å²) >= 11 is 1.42. The van der Waals surface area contributed by atoms with Crippen molar-refractivity contribution >= 4 is 27.7 Å². The van der Waals surface area contributed by atoms with Gasteiger partial charge in [0.1, 0.15) is 0 Å². The number of likely N-dealkylation sites (N-methyl/N-ethyl adjacent to an activating group) is 1. The summed E-state index contributed by atoms with van der Waals surface area (Å²) in [4.78, 5) is 14.3. The Morgan fingerprint density at radius 1 is 1.08 bits per heavy atom. The van der Waals surface area contributed by atoms with Gasteiger partial charge in [-0.1, -0.05) is 23.9 Å². The number of amides is 1. The van der Waals surface area contributed by atoms with Crippen LogP contribution in [0.5, 0.6) is 0 Å². The highest BCUT2D eigenvalue weighted by atomic mass is 32.2. The fourth-order valence-electron chi connectivity index (χ4n) is 2.12. The molecule has 3 N–H and O–H groups in total. The Kier molecular flexibility index (Phi) is 7.22. The Hall–Kier alpha value is -1.87.